The molecule has 0 radical (unpaired) electrons. The SMILES string of the molecule is CN(C)C(=O)Nc1ccc(O/C(Cl)=C/Cl)cc1. The molecule has 0 aliphatic heterocycles. The highest BCUT2D eigenvalue weighted by molar-refractivity contribution is 6.35. The van der Waals surface area contributed by atoms with Crippen LogP contribution in [0.15, 0.2) is 35.0 Å². The minimum absolute atomic E-state index is 0.0803. The van der Waals surface area contributed by atoms with Crippen LogP contribution in [0.25, 0.3) is 0 Å². The second-order valence-electron chi connectivity index (χ2n) is 3.36. The standard InChI is InChI=1S/C11H12Cl2N2O2/c1-15(2)11(16)14-8-3-5-9(6-4-8)17-10(13)7-12/h3-7H,1-2H3,(H,14,16)/b10-7+. The lowest BCUT2D eigenvalue weighted by molar-refractivity contribution is 0.230. The zero-order valence-corrected chi connectivity index (χ0v) is 10.9. The number of hydrogen-bond acceptors (Lipinski definition) is 2. The molecule has 1 rings (SSSR count). The summed E-state index contributed by atoms with van der Waals surface area (Å²) in [5, 5.41) is 2.77. The van der Waals surface area contributed by atoms with Crippen molar-refractivity contribution in [3.63, 3.8) is 0 Å². The zero-order valence-electron chi connectivity index (χ0n) is 9.41. The average Bonchev–Trinajstić information content (AvgIpc) is 2.31. The Bertz CT molecular complexity index is 416. The molecule has 6 heteroatoms. The van der Waals surface area contributed by atoms with Gasteiger partial charge in [-0.25, -0.2) is 4.79 Å². The highest BCUT2D eigenvalue weighted by atomic mass is 35.5. The minimum atomic E-state index is -0.197. The monoisotopic (exact) mass is 274 g/mol. The van der Waals surface area contributed by atoms with E-state index in [-0.39, 0.29) is 11.2 Å². The number of halogens is 2. The molecular formula is C11H12Cl2N2O2. The Morgan fingerprint density at radius 2 is 1.94 bits per heavy atom. The molecule has 2 amide bonds. The molecule has 0 spiro atoms. The van der Waals surface area contributed by atoms with E-state index >= 15 is 0 Å². The van der Waals surface area contributed by atoms with Crippen molar-refractivity contribution in [1.82, 2.24) is 4.90 Å². The fraction of sp³-hybridized carbons (Fsp3) is 0.182. The molecule has 92 valence electrons. The van der Waals surface area contributed by atoms with E-state index in [9.17, 15) is 4.79 Å². The Labute approximate surface area is 110 Å². The van der Waals surface area contributed by atoms with Crippen molar-refractivity contribution in [2.45, 2.75) is 0 Å². The third-order valence-electron chi connectivity index (χ3n) is 1.81. The first kappa shape index (κ1) is 13.7. The summed E-state index contributed by atoms with van der Waals surface area (Å²) in [6.07, 6.45) is 0. The van der Waals surface area contributed by atoms with Gasteiger partial charge in [0.2, 0.25) is 5.22 Å². The largest absolute Gasteiger partial charge is 0.444 e. The summed E-state index contributed by atoms with van der Waals surface area (Å²) in [7, 11) is 3.33. The van der Waals surface area contributed by atoms with Crippen LogP contribution in [0.2, 0.25) is 0 Å². The van der Waals surface area contributed by atoms with Crippen LogP contribution < -0.4 is 10.1 Å². The highest BCUT2D eigenvalue weighted by Gasteiger charge is 2.04. The molecule has 0 aromatic heterocycles. The maximum absolute atomic E-state index is 11.4. The summed E-state index contributed by atoms with van der Waals surface area (Å²) >= 11 is 11.0. The maximum Gasteiger partial charge on any atom is 0.321 e. The van der Waals surface area contributed by atoms with Gasteiger partial charge >= 0.3 is 6.03 Å². The first-order valence-electron chi connectivity index (χ1n) is 4.75. The van der Waals surface area contributed by atoms with Crippen molar-refractivity contribution in [1.29, 1.82) is 0 Å². The lowest BCUT2D eigenvalue weighted by atomic mass is 10.3. The van der Waals surface area contributed by atoms with Crippen LogP contribution in [0, 0.1) is 0 Å². The Balaban J connectivity index is 2.65. The van der Waals surface area contributed by atoms with Crippen molar-refractivity contribution in [2.24, 2.45) is 0 Å². The minimum Gasteiger partial charge on any atom is -0.444 e. The van der Waals surface area contributed by atoms with Crippen LogP contribution in [0.1, 0.15) is 0 Å². The van der Waals surface area contributed by atoms with Crippen LogP contribution in [0.3, 0.4) is 0 Å². The quantitative estimate of drug-likeness (QED) is 0.858. The molecule has 0 fully saturated rings. The first-order valence-corrected chi connectivity index (χ1v) is 5.56. The molecule has 0 saturated heterocycles. The number of nitrogens with one attached hydrogen (secondary N) is 1. The second-order valence-corrected chi connectivity index (χ2v) is 3.95. The van der Waals surface area contributed by atoms with Gasteiger partial charge in [0.25, 0.3) is 0 Å². The van der Waals surface area contributed by atoms with E-state index in [1.165, 1.54) is 4.90 Å². The van der Waals surface area contributed by atoms with Crippen molar-refractivity contribution in [3.8, 4) is 5.75 Å². The number of anilines is 1. The molecule has 0 aliphatic rings. The van der Waals surface area contributed by atoms with E-state index in [1.54, 1.807) is 38.4 Å². The molecular weight excluding hydrogens is 263 g/mol. The Kier molecular flexibility index (Phi) is 5.12. The molecule has 0 bridgehead atoms. The van der Waals surface area contributed by atoms with E-state index in [2.05, 4.69) is 5.32 Å². The van der Waals surface area contributed by atoms with Gasteiger partial charge in [-0.2, -0.15) is 0 Å². The summed E-state index contributed by atoms with van der Waals surface area (Å²) in [4.78, 5) is 12.8. The van der Waals surface area contributed by atoms with Gasteiger partial charge in [0, 0.05) is 19.8 Å². The molecule has 0 atom stereocenters. The van der Waals surface area contributed by atoms with Crippen LogP contribution in [-0.4, -0.2) is 25.0 Å². The van der Waals surface area contributed by atoms with Gasteiger partial charge in [-0.15, -0.1) is 0 Å². The number of urea groups is 1. The number of hydrogen-bond donors (Lipinski definition) is 1. The van der Waals surface area contributed by atoms with Crippen molar-refractivity contribution >= 4 is 34.9 Å². The molecule has 0 heterocycles. The van der Waals surface area contributed by atoms with Gasteiger partial charge in [0.05, 0.1) is 5.54 Å². The Morgan fingerprint density at radius 3 is 2.41 bits per heavy atom. The molecule has 17 heavy (non-hydrogen) atoms. The van der Waals surface area contributed by atoms with E-state index in [0.717, 1.165) is 5.54 Å². The topological polar surface area (TPSA) is 41.6 Å². The van der Waals surface area contributed by atoms with Gasteiger partial charge in [-0.1, -0.05) is 11.6 Å². The number of ether oxygens (including phenoxy) is 1. The second kappa shape index (κ2) is 6.37. The first-order chi connectivity index (χ1) is 8.02. The third kappa shape index (κ3) is 4.54. The molecule has 0 unspecified atom stereocenters. The van der Waals surface area contributed by atoms with Crippen LogP contribution in [0.5, 0.6) is 5.75 Å². The normalized spacial score (nSPS) is 10.9. The number of carbonyl (C=O) groups excluding carboxylic acids is 1. The zero-order chi connectivity index (χ0) is 12.8. The van der Waals surface area contributed by atoms with Crippen molar-refractivity contribution in [3.05, 3.63) is 35.0 Å². The predicted molar refractivity (Wildman–Crippen MR) is 69.6 cm³/mol. The number of nitrogens with zero attached hydrogens (tertiary/aromatic N) is 1. The maximum atomic E-state index is 11.4. The predicted octanol–water partition coefficient (Wildman–Crippen LogP) is 3.44. The summed E-state index contributed by atoms with van der Waals surface area (Å²) in [5.74, 6) is 0.537. The Morgan fingerprint density at radius 1 is 1.35 bits per heavy atom. The Hall–Kier alpha value is -1.39. The smallest absolute Gasteiger partial charge is 0.321 e. The lowest BCUT2D eigenvalue weighted by Crippen LogP contribution is -2.27. The molecule has 0 saturated carbocycles. The fourth-order valence-corrected chi connectivity index (χ4v) is 1.11. The molecule has 4 nitrogen and oxygen atoms in total. The fourth-order valence-electron chi connectivity index (χ4n) is 0.976. The summed E-state index contributed by atoms with van der Waals surface area (Å²) < 4.78 is 5.14. The van der Waals surface area contributed by atoms with Gasteiger partial charge < -0.3 is 15.0 Å². The summed E-state index contributed by atoms with van der Waals surface area (Å²) in [6.45, 7) is 0. The van der Waals surface area contributed by atoms with E-state index < -0.39 is 0 Å². The van der Waals surface area contributed by atoms with E-state index in [0.29, 0.717) is 11.4 Å². The van der Waals surface area contributed by atoms with Crippen LogP contribution in [-0.2, 0) is 0 Å². The van der Waals surface area contributed by atoms with Crippen LogP contribution in [0.4, 0.5) is 10.5 Å². The third-order valence-corrected chi connectivity index (χ3v) is 2.31. The van der Waals surface area contributed by atoms with Gasteiger partial charge in [0.1, 0.15) is 5.75 Å². The number of rotatable bonds is 3. The molecule has 0 aliphatic carbocycles. The average molecular weight is 275 g/mol. The van der Waals surface area contributed by atoms with Crippen molar-refractivity contribution < 1.29 is 9.53 Å². The van der Waals surface area contributed by atoms with E-state index in [4.69, 9.17) is 27.9 Å². The van der Waals surface area contributed by atoms with E-state index in [1.807, 2.05) is 0 Å². The van der Waals surface area contributed by atoms with Gasteiger partial charge in [-0.05, 0) is 35.9 Å². The van der Waals surface area contributed by atoms with Gasteiger partial charge in [-0.3, -0.25) is 0 Å². The molecule has 1 N–H and O–H groups in total. The summed E-state index contributed by atoms with van der Waals surface area (Å²) in [6, 6.07) is 6.56. The van der Waals surface area contributed by atoms with Crippen molar-refractivity contribution in [2.75, 3.05) is 19.4 Å². The van der Waals surface area contributed by atoms with Crippen LogP contribution >= 0.6 is 23.2 Å². The molecule has 1 aromatic rings. The summed E-state index contributed by atoms with van der Waals surface area (Å²) in [5.41, 5.74) is 1.80. The number of amides is 2. The lowest BCUT2D eigenvalue weighted by Gasteiger charge is -2.12. The highest BCUT2D eigenvalue weighted by Crippen LogP contribution is 2.19. The molecule has 1 aromatic carbocycles. The number of carbonyl (C=O) groups is 1. The van der Waals surface area contributed by atoms with Gasteiger partial charge in [0.15, 0.2) is 0 Å². The number of benzene rings is 1.